The first kappa shape index (κ1) is 13.4. The first-order valence-electron chi connectivity index (χ1n) is 4.79. The number of nitrogens with zero attached hydrogens (tertiary/aromatic N) is 3. The third kappa shape index (κ3) is 2.56. The molecule has 0 atom stereocenters. The van der Waals surface area contributed by atoms with E-state index in [1.807, 2.05) is 0 Å². The summed E-state index contributed by atoms with van der Waals surface area (Å²) in [6.07, 6.45) is 0. The van der Waals surface area contributed by atoms with Crippen molar-refractivity contribution < 1.29 is 14.3 Å². The van der Waals surface area contributed by atoms with Gasteiger partial charge in [-0.2, -0.15) is 4.39 Å². The van der Waals surface area contributed by atoms with Crippen molar-refractivity contribution in [2.45, 2.75) is 0 Å². The molecule has 0 amide bonds. The van der Waals surface area contributed by atoms with E-state index in [9.17, 15) is 9.18 Å². The number of nitrogen functional groups attached to an aromatic ring is 1. The van der Waals surface area contributed by atoms with Gasteiger partial charge in [-0.3, -0.25) is 0 Å². The average Bonchev–Trinajstić information content (AvgIpc) is 2.32. The van der Waals surface area contributed by atoms with Gasteiger partial charge in [-0.15, -0.1) is 0 Å². The third-order valence-electron chi connectivity index (χ3n) is 2.14. The Morgan fingerprint density at radius 1 is 1.26 bits per heavy atom. The molecule has 0 aliphatic carbocycles. The Hall–Kier alpha value is -1.99. The maximum absolute atomic E-state index is 13.6. The van der Waals surface area contributed by atoms with Gasteiger partial charge in [0.25, 0.3) is 0 Å². The summed E-state index contributed by atoms with van der Waals surface area (Å²) in [5.74, 6) is -2.84. The molecule has 9 heteroatoms. The van der Waals surface area contributed by atoms with E-state index in [0.29, 0.717) is 0 Å². The Balaban J connectivity index is 2.66. The van der Waals surface area contributed by atoms with E-state index in [-0.39, 0.29) is 27.4 Å². The van der Waals surface area contributed by atoms with Crippen LogP contribution in [0.5, 0.6) is 0 Å². The van der Waals surface area contributed by atoms with Gasteiger partial charge in [0.2, 0.25) is 5.95 Å². The molecule has 2 aromatic heterocycles. The average molecular weight is 303 g/mol. The van der Waals surface area contributed by atoms with Gasteiger partial charge in [-0.05, 0) is 12.1 Å². The number of carbonyl (C=O) groups is 1. The van der Waals surface area contributed by atoms with Crippen LogP contribution in [0.1, 0.15) is 10.5 Å². The number of aromatic nitrogens is 3. The fraction of sp³-hybridized carbons (Fsp3) is 0. The summed E-state index contributed by atoms with van der Waals surface area (Å²) in [6.45, 7) is 0. The summed E-state index contributed by atoms with van der Waals surface area (Å²) in [5.41, 5.74) is 4.82. The molecule has 0 unspecified atom stereocenters. The second-order valence-electron chi connectivity index (χ2n) is 3.37. The number of halogens is 3. The Morgan fingerprint density at radius 3 is 2.53 bits per heavy atom. The van der Waals surface area contributed by atoms with Gasteiger partial charge in [0, 0.05) is 0 Å². The normalized spacial score (nSPS) is 10.5. The number of pyridine rings is 1. The van der Waals surface area contributed by atoms with Gasteiger partial charge in [-0.1, -0.05) is 23.2 Å². The van der Waals surface area contributed by atoms with Gasteiger partial charge < -0.3 is 10.8 Å². The van der Waals surface area contributed by atoms with E-state index in [1.54, 1.807) is 0 Å². The van der Waals surface area contributed by atoms with Crippen LogP contribution >= 0.6 is 23.2 Å². The van der Waals surface area contributed by atoms with Gasteiger partial charge in [0.1, 0.15) is 16.0 Å². The van der Waals surface area contributed by atoms with Crippen molar-refractivity contribution in [2.24, 2.45) is 0 Å². The standard InChI is InChI=1S/C10H5Cl2FN4O2/c11-4-2-1-3(7(13)15-4)9-16-6(10(18)19)5(12)8(14)17-9/h1-2H,(H,18,19)(H2,14,16,17). The van der Waals surface area contributed by atoms with Crippen molar-refractivity contribution in [2.75, 3.05) is 5.73 Å². The highest BCUT2D eigenvalue weighted by molar-refractivity contribution is 6.35. The fourth-order valence-electron chi connectivity index (χ4n) is 1.31. The topological polar surface area (TPSA) is 102 Å². The molecule has 6 nitrogen and oxygen atoms in total. The van der Waals surface area contributed by atoms with Gasteiger partial charge in [0.05, 0.1) is 5.56 Å². The van der Waals surface area contributed by atoms with E-state index in [4.69, 9.17) is 34.0 Å². The van der Waals surface area contributed by atoms with Crippen molar-refractivity contribution in [3.05, 3.63) is 34.0 Å². The van der Waals surface area contributed by atoms with Crippen LogP contribution in [0.15, 0.2) is 12.1 Å². The maximum atomic E-state index is 13.6. The Kier molecular flexibility index (Phi) is 3.50. The number of rotatable bonds is 2. The summed E-state index contributed by atoms with van der Waals surface area (Å²) >= 11 is 11.2. The molecule has 2 aromatic rings. The molecule has 0 spiro atoms. The minimum Gasteiger partial charge on any atom is -0.476 e. The lowest BCUT2D eigenvalue weighted by atomic mass is 10.2. The van der Waals surface area contributed by atoms with Crippen LogP contribution in [0.3, 0.4) is 0 Å². The second-order valence-corrected chi connectivity index (χ2v) is 4.14. The first-order chi connectivity index (χ1) is 8.90. The molecular formula is C10H5Cl2FN4O2. The van der Waals surface area contributed by atoms with Crippen LogP contribution in [0, 0.1) is 5.95 Å². The quantitative estimate of drug-likeness (QED) is 0.825. The number of hydrogen-bond acceptors (Lipinski definition) is 5. The Morgan fingerprint density at radius 2 is 1.95 bits per heavy atom. The summed E-state index contributed by atoms with van der Waals surface area (Å²) in [7, 11) is 0. The van der Waals surface area contributed by atoms with Crippen LogP contribution in [0.25, 0.3) is 11.4 Å². The van der Waals surface area contributed by atoms with E-state index in [0.717, 1.165) is 0 Å². The second kappa shape index (κ2) is 4.94. The molecular weight excluding hydrogens is 298 g/mol. The van der Waals surface area contributed by atoms with Gasteiger partial charge in [-0.25, -0.2) is 19.7 Å². The number of carboxylic acid groups (broad SMARTS) is 1. The lowest BCUT2D eigenvalue weighted by Gasteiger charge is -2.06. The maximum Gasteiger partial charge on any atom is 0.356 e. The monoisotopic (exact) mass is 302 g/mol. The highest BCUT2D eigenvalue weighted by atomic mass is 35.5. The van der Waals surface area contributed by atoms with Crippen molar-refractivity contribution in [3.63, 3.8) is 0 Å². The minimum absolute atomic E-state index is 0.0540. The molecule has 3 N–H and O–H groups in total. The summed E-state index contributed by atoms with van der Waals surface area (Å²) < 4.78 is 13.6. The molecule has 0 aromatic carbocycles. The summed E-state index contributed by atoms with van der Waals surface area (Å²) in [5, 5.41) is 8.55. The molecule has 19 heavy (non-hydrogen) atoms. The number of aromatic carboxylic acids is 1. The largest absolute Gasteiger partial charge is 0.476 e. The molecule has 0 aliphatic heterocycles. The Labute approximate surface area is 116 Å². The Bertz CT molecular complexity index is 681. The lowest BCUT2D eigenvalue weighted by molar-refractivity contribution is 0.0690. The van der Waals surface area contributed by atoms with Crippen LogP contribution < -0.4 is 5.73 Å². The van der Waals surface area contributed by atoms with Gasteiger partial charge in [0.15, 0.2) is 11.5 Å². The fourth-order valence-corrected chi connectivity index (χ4v) is 1.61. The number of carboxylic acids is 1. The minimum atomic E-state index is -1.40. The molecule has 0 saturated heterocycles. The zero-order chi connectivity index (χ0) is 14.2. The van der Waals surface area contributed by atoms with E-state index in [2.05, 4.69) is 15.0 Å². The summed E-state index contributed by atoms with van der Waals surface area (Å²) in [4.78, 5) is 21.7. The highest BCUT2D eigenvalue weighted by Gasteiger charge is 2.19. The van der Waals surface area contributed by atoms with Crippen molar-refractivity contribution in [1.82, 2.24) is 15.0 Å². The van der Waals surface area contributed by atoms with Crippen molar-refractivity contribution in [1.29, 1.82) is 0 Å². The molecule has 0 radical (unpaired) electrons. The molecule has 0 bridgehead atoms. The molecule has 98 valence electrons. The molecule has 0 aliphatic rings. The molecule has 2 heterocycles. The van der Waals surface area contributed by atoms with Crippen LogP contribution in [0.4, 0.5) is 10.2 Å². The van der Waals surface area contributed by atoms with E-state index in [1.165, 1.54) is 12.1 Å². The third-order valence-corrected chi connectivity index (χ3v) is 2.72. The summed E-state index contributed by atoms with van der Waals surface area (Å²) in [6, 6.07) is 2.58. The van der Waals surface area contributed by atoms with Crippen molar-refractivity contribution in [3.8, 4) is 11.4 Å². The molecule has 0 saturated carbocycles. The van der Waals surface area contributed by atoms with Crippen LogP contribution in [0.2, 0.25) is 10.2 Å². The van der Waals surface area contributed by atoms with E-state index < -0.39 is 17.6 Å². The smallest absolute Gasteiger partial charge is 0.356 e. The van der Waals surface area contributed by atoms with E-state index >= 15 is 0 Å². The highest BCUT2D eigenvalue weighted by Crippen LogP contribution is 2.26. The molecule has 2 rings (SSSR count). The predicted molar refractivity (Wildman–Crippen MR) is 66.6 cm³/mol. The predicted octanol–water partition coefficient (Wildman–Crippen LogP) is 2.26. The van der Waals surface area contributed by atoms with Crippen molar-refractivity contribution >= 4 is 35.0 Å². The van der Waals surface area contributed by atoms with Gasteiger partial charge >= 0.3 is 5.97 Å². The molecule has 0 fully saturated rings. The van der Waals surface area contributed by atoms with Crippen LogP contribution in [-0.2, 0) is 0 Å². The zero-order valence-corrected chi connectivity index (χ0v) is 10.6. The number of anilines is 1. The SMILES string of the molecule is Nc1nc(-c2ccc(Cl)nc2F)nc(C(=O)O)c1Cl. The number of hydrogen-bond donors (Lipinski definition) is 2. The van der Waals surface area contributed by atoms with Crippen LogP contribution in [-0.4, -0.2) is 26.0 Å². The lowest BCUT2D eigenvalue weighted by Crippen LogP contribution is -2.08. The first-order valence-corrected chi connectivity index (χ1v) is 5.54. The zero-order valence-electron chi connectivity index (χ0n) is 9.06. The number of nitrogens with two attached hydrogens (primary N) is 1.